The first kappa shape index (κ1) is 16.5. The molecular formula is C16H13N5O3S. The van der Waals surface area contributed by atoms with Crippen molar-refractivity contribution in [3.05, 3.63) is 55.4 Å². The smallest absolute Gasteiger partial charge is 0.332 e. The molecule has 0 saturated carbocycles. The molecular weight excluding hydrogens is 342 g/mol. The van der Waals surface area contributed by atoms with Crippen molar-refractivity contribution >= 4 is 28.8 Å². The molecule has 0 radical (unpaired) electrons. The van der Waals surface area contributed by atoms with Crippen molar-refractivity contribution < 1.29 is 4.42 Å². The molecule has 0 aromatic carbocycles. The molecule has 8 nitrogen and oxygen atoms in total. The van der Waals surface area contributed by atoms with Crippen LogP contribution in [0.3, 0.4) is 0 Å². The van der Waals surface area contributed by atoms with E-state index in [9.17, 15) is 14.9 Å². The van der Waals surface area contributed by atoms with E-state index in [1.165, 1.54) is 36.3 Å². The van der Waals surface area contributed by atoms with Crippen LogP contribution in [-0.2, 0) is 14.1 Å². The molecule has 3 heterocycles. The van der Waals surface area contributed by atoms with Crippen LogP contribution in [0.4, 0.5) is 5.82 Å². The second kappa shape index (κ2) is 6.26. The Morgan fingerprint density at radius 1 is 1.40 bits per heavy atom. The molecule has 3 aromatic heterocycles. The van der Waals surface area contributed by atoms with E-state index in [1.54, 1.807) is 23.6 Å². The number of aromatic nitrogens is 3. The van der Waals surface area contributed by atoms with Crippen molar-refractivity contribution in [1.29, 1.82) is 5.26 Å². The Kier molecular flexibility index (Phi) is 4.12. The van der Waals surface area contributed by atoms with Gasteiger partial charge in [0.1, 0.15) is 28.2 Å². The van der Waals surface area contributed by atoms with Crippen LogP contribution in [0.5, 0.6) is 0 Å². The van der Waals surface area contributed by atoms with Gasteiger partial charge in [-0.2, -0.15) is 5.26 Å². The van der Waals surface area contributed by atoms with Gasteiger partial charge in [0.25, 0.3) is 5.56 Å². The molecule has 0 aliphatic heterocycles. The first-order valence-electron chi connectivity index (χ1n) is 7.11. The van der Waals surface area contributed by atoms with Crippen molar-refractivity contribution in [3.8, 4) is 17.3 Å². The van der Waals surface area contributed by atoms with E-state index in [1.807, 2.05) is 0 Å². The summed E-state index contributed by atoms with van der Waals surface area (Å²) >= 11 is 1.20. The van der Waals surface area contributed by atoms with Crippen LogP contribution in [0.15, 0.2) is 37.8 Å². The zero-order chi connectivity index (χ0) is 18.1. The SMILES string of the molecule is Cn1c(N)c(-c2csc(/C(C#N)=C\c3ccco3)n2)c(=O)n(C)c1=O. The van der Waals surface area contributed by atoms with Gasteiger partial charge in [-0.25, -0.2) is 9.78 Å². The van der Waals surface area contributed by atoms with Crippen LogP contribution in [0.25, 0.3) is 22.9 Å². The van der Waals surface area contributed by atoms with E-state index in [0.717, 1.165) is 4.57 Å². The predicted octanol–water partition coefficient (Wildman–Crippen LogP) is 1.45. The quantitative estimate of drug-likeness (QED) is 0.710. The number of nitrogens with zero attached hydrogens (tertiary/aromatic N) is 4. The first-order valence-corrected chi connectivity index (χ1v) is 7.99. The number of nitriles is 1. The molecule has 0 aliphatic rings. The molecule has 0 spiro atoms. The maximum absolute atomic E-state index is 12.4. The number of hydrogen-bond donors (Lipinski definition) is 1. The van der Waals surface area contributed by atoms with Gasteiger partial charge in [-0.05, 0) is 12.1 Å². The van der Waals surface area contributed by atoms with Crippen LogP contribution in [-0.4, -0.2) is 14.1 Å². The second-order valence-corrected chi connectivity index (χ2v) is 6.05. The third-order valence-electron chi connectivity index (χ3n) is 3.65. The third-order valence-corrected chi connectivity index (χ3v) is 4.53. The Morgan fingerprint density at radius 2 is 2.16 bits per heavy atom. The minimum Gasteiger partial charge on any atom is -0.465 e. The van der Waals surface area contributed by atoms with Crippen LogP contribution in [0.1, 0.15) is 10.8 Å². The van der Waals surface area contributed by atoms with E-state index < -0.39 is 11.2 Å². The van der Waals surface area contributed by atoms with Gasteiger partial charge >= 0.3 is 5.69 Å². The van der Waals surface area contributed by atoms with Gasteiger partial charge in [0.05, 0.1) is 17.5 Å². The number of furan rings is 1. The molecule has 0 atom stereocenters. The molecule has 0 amide bonds. The number of rotatable bonds is 3. The summed E-state index contributed by atoms with van der Waals surface area (Å²) in [5.74, 6) is 0.546. The standard InChI is InChI=1S/C16H13N5O3S/c1-20-13(18)12(15(22)21(2)16(20)23)11-8-25-14(19-11)9(7-17)6-10-4-3-5-24-10/h3-6,8H,18H2,1-2H3/b9-6-. The van der Waals surface area contributed by atoms with Crippen molar-refractivity contribution in [2.24, 2.45) is 14.1 Å². The Hall–Kier alpha value is -3.38. The molecule has 2 N–H and O–H groups in total. The normalized spacial score (nSPS) is 11.5. The lowest BCUT2D eigenvalue weighted by molar-refractivity contribution is 0.557. The fraction of sp³-hybridized carbons (Fsp3) is 0.125. The zero-order valence-corrected chi connectivity index (χ0v) is 14.2. The largest absolute Gasteiger partial charge is 0.465 e. The summed E-state index contributed by atoms with van der Waals surface area (Å²) in [5.41, 5.74) is 5.62. The lowest BCUT2D eigenvalue weighted by Gasteiger charge is -2.09. The summed E-state index contributed by atoms with van der Waals surface area (Å²) < 4.78 is 7.35. The van der Waals surface area contributed by atoms with E-state index in [-0.39, 0.29) is 11.4 Å². The maximum atomic E-state index is 12.4. The summed E-state index contributed by atoms with van der Waals surface area (Å²) in [7, 11) is 2.85. The van der Waals surface area contributed by atoms with E-state index in [0.29, 0.717) is 22.0 Å². The fourth-order valence-electron chi connectivity index (χ4n) is 2.27. The molecule has 0 bridgehead atoms. The summed E-state index contributed by atoms with van der Waals surface area (Å²) in [6.07, 6.45) is 3.06. The van der Waals surface area contributed by atoms with E-state index >= 15 is 0 Å². The summed E-state index contributed by atoms with van der Waals surface area (Å²) in [6, 6.07) is 5.49. The van der Waals surface area contributed by atoms with Crippen LogP contribution in [0, 0.1) is 11.3 Å². The molecule has 3 rings (SSSR count). The molecule has 0 unspecified atom stereocenters. The van der Waals surface area contributed by atoms with Gasteiger partial charge in [-0.15, -0.1) is 11.3 Å². The van der Waals surface area contributed by atoms with Crippen molar-refractivity contribution in [2.45, 2.75) is 0 Å². The first-order chi connectivity index (χ1) is 11.9. The molecule has 0 fully saturated rings. The highest BCUT2D eigenvalue weighted by molar-refractivity contribution is 7.11. The second-order valence-electron chi connectivity index (χ2n) is 5.19. The molecule has 9 heteroatoms. The lowest BCUT2D eigenvalue weighted by atomic mass is 10.2. The van der Waals surface area contributed by atoms with Gasteiger partial charge < -0.3 is 10.2 Å². The van der Waals surface area contributed by atoms with Crippen LogP contribution < -0.4 is 17.0 Å². The van der Waals surface area contributed by atoms with Gasteiger partial charge in [-0.3, -0.25) is 13.9 Å². The lowest BCUT2D eigenvalue weighted by Crippen LogP contribution is -2.39. The highest BCUT2D eigenvalue weighted by atomic mass is 32.1. The monoisotopic (exact) mass is 355 g/mol. The molecule has 0 aliphatic carbocycles. The molecule has 0 saturated heterocycles. The fourth-order valence-corrected chi connectivity index (χ4v) is 3.05. The zero-order valence-electron chi connectivity index (χ0n) is 13.4. The highest BCUT2D eigenvalue weighted by Gasteiger charge is 2.18. The average molecular weight is 355 g/mol. The minimum atomic E-state index is -0.536. The Morgan fingerprint density at radius 3 is 2.80 bits per heavy atom. The Balaban J connectivity index is 2.14. The van der Waals surface area contributed by atoms with Crippen molar-refractivity contribution in [3.63, 3.8) is 0 Å². The number of hydrogen-bond acceptors (Lipinski definition) is 7. The molecule has 25 heavy (non-hydrogen) atoms. The number of anilines is 1. The predicted molar refractivity (Wildman–Crippen MR) is 94.6 cm³/mol. The molecule has 3 aromatic rings. The summed E-state index contributed by atoms with van der Waals surface area (Å²) in [6.45, 7) is 0. The topological polar surface area (TPSA) is 120 Å². The minimum absolute atomic E-state index is 0.0264. The Bertz CT molecular complexity index is 1130. The number of allylic oxidation sites excluding steroid dienone is 1. The summed E-state index contributed by atoms with van der Waals surface area (Å²) in [4.78, 5) is 28.6. The Labute approximate surface area is 145 Å². The molecule has 126 valence electrons. The summed E-state index contributed by atoms with van der Waals surface area (Å²) in [5, 5.41) is 11.4. The number of thiazole rings is 1. The average Bonchev–Trinajstić information content (AvgIpc) is 3.28. The highest BCUT2D eigenvalue weighted by Crippen LogP contribution is 2.27. The van der Waals surface area contributed by atoms with Crippen molar-refractivity contribution in [1.82, 2.24) is 14.1 Å². The van der Waals surface area contributed by atoms with Crippen LogP contribution >= 0.6 is 11.3 Å². The number of nitrogens with two attached hydrogens (primary N) is 1. The van der Waals surface area contributed by atoms with E-state index in [4.69, 9.17) is 10.2 Å². The third kappa shape index (κ3) is 2.79. The number of nitrogen functional groups attached to an aromatic ring is 1. The van der Waals surface area contributed by atoms with Crippen LogP contribution in [0.2, 0.25) is 0 Å². The maximum Gasteiger partial charge on any atom is 0.332 e. The van der Waals surface area contributed by atoms with Gasteiger partial charge in [0, 0.05) is 25.6 Å². The van der Waals surface area contributed by atoms with E-state index in [2.05, 4.69) is 11.1 Å². The van der Waals surface area contributed by atoms with Gasteiger partial charge in [0.2, 0.25) is 0 Å². The van der Waals surface area contributed by atoms with Gasteiger partial charge in [0.15, 0.2) is 0 Å². The van der Waals surface area contributed by atoms with Crippen molar-refractivity contribution in [2.75, 3.05) is 5.73 Å². The van der Waals surface area contributed by atoms with Gasteiger partial charge in [-0.1, -0.05) is 0 Å².